The fourth-order valence-corrected chi connectivity index (χ4v) is 2.73. The fourth-order valence-electron chi connectivity index (χ4n) is 2.73. The molecule has 0 saturated carbocycles. The summed E-state index contributed by atoms with van der Waals surface area (Å²) >= 11 is 0. The molecule has 2 heteroatoms. The molecule has 20 heavy (non-hydrogen) atoms. The van der Waals surface area contributed by atoms with Crippen LogP contribution in [-0.2, 0) is 4.79 Å². The van der Waals surface area contributed by atoms with Crippen molar-refractivity contribution in [3.05, 3.63) is 24.3 Å². The van der Waals surface area contributed by atoms with Crippen LogP contribution in [0.5, 0.6) is 0 Å². The van der Waals surface area contributed by atoms with Crippen molar-refractivity contribution >= 4 is 5.97 Å². The maximum absolute atomic E-state index is 10.3. The maximum Gasteiger partial charge on any atom is 0.303 e. The zero-order valence-corrected chi connectivity index (χ0v) is 12.7. The zero-order valence-electron chi connectivity index (χ0n) is 12.7. The first kappa shape index (κ1) is 17.0. The fraction of sp³-hybridized carbons (Fsp3) is 0.722. The molecular formula is C18H30O2. The van der Waals surface area contributed by atoms with Crippen molar-refractivity contribution < 1.29 is 9.90 Å². The van der Waals surface area contributed by atoms with Gasteiger partial charge in [-0.05, 0) is 57.3 Å². The van der Waals surface area contributed by atoms with E-state index in [-0.39, 0.29) is 0 Å². The molecule has 0 fully saturated rings. The Kier molecular flexibility index (Phi) is 9.99. The van der Waals surface area contributed by atoms with Gasteiger partial charge in [0.25, 0.3) is 0 Å². The third kappa shape index (κ3) is 9.82. The summed E-state index contributed by atoms with van der Waals surface area (Å²) in [5.74, 6) is 0.197. The first-order valence-corrected chi connectivity index (χ1v) is 8.32. The molecule has 0 radical (unpaired) electrons. The van der Waals surface area contributed by atoms with Crippen molar-refractivity contribution in [2.24, 2.45) is 5.92 Å². The van der Waals surface area contributed by atoms with Gasteiger partial charge in [0.1, 0.15) is 0 Å². The standard InChI is InChI=1S/C18H30O2/c19-18(20)16-10-8-6-4-2-1-3-5-7-9-13-17-14-11-12-15-17/h2,4,11,14,17H,1,3,5-10,12-13,15-16H2,(H,19,20)/b4-2-. The molecule has 0 bridgehead atoms. The lowest BCUT2D eigenvalue weighted by molar-refractivity contribution is -0.137. The summed E-state index contributed by atoms with van der Waals surface area (Å²) in [6, 6.07) is 0. The van der Waals surface area contributed by atoms with Gasteiger partial charge in [-0.2, -0.15) is 0 Å². The Morgan fingerprint density at radius 1 is 1.05 bits per heavy atom. The molecular weight excluding hydrogens is 248 g/mol. The second-order valence-corrected chi connectivity index (χ2v) is 5.87. The van der Waals surface area contributed by atoms with Gasteiger partial charge in [0.2, 0.25) is 0 Å². The lowest BCUT2D eigenvalue weighted by Crippen LogP contribution is -1.92. The van der Waals surface area contributed by atoms with Crippen molar-refractivity contribution in [1.82, 2.24) is 0 Å². The Bertz CT molecular complexity index is 305. The molecule has 0 aliphatic heterocycles. The number of carboxylic acid groups (broad SMARTS) is 1. The van der Waals surface area contributed by atoms with Gasteiger partial charge in [-0.1, -0.05) is 43.6 Å². The van der Waals surface area contributed by atoms with Crippen LogP contribution in [0.3, 0.4) is 0 Å². The van der Waals surface area contributed by atoms with Crippen molar-refractivity contribution in [1.29, 1.82) is 0 Å². The van der Waals surface area contributed by atoms with Crippen LogP contribution in [0.4, 0.5) is 0 Å². The molecule has 0 aromatic heterocycles. The number of allylic oxidation sites excluding steroid dienone is 4. The van der Waals surface area contributed by atoms with Gasteiger partial charge in [-0.3, -0.25) is 4.79 Å². The Hall–Kier alpha value is -1.05. The van der Waals surface area contributed by atoms with E-state index in [0.717, 1.165) is 25.2 Å². The third-order valence-electron chi connectivity index (χ3n) is 3.99. The zero-order chi connectivity index (χ0) is 14.5. The summed E-state index contributed by atoms with van der Waals surface area (Å²) in [7, 11) is 0. The van der Waals surface area contributed by atoms with E-state index >= 15 is 0 Å². The minimum absolute atomic E-state index is 0.310. The van der Waals surface area contributed by atoms with E-state index in [1.165, 1.54) is 51.4 Å². The largest absolute Gasteiger partial charge is 0.481 e. The summed E-state index contributed by atoms with van der Waals surface area (Å²) in [5, 5.41) is 8.50. The average molecular weight is 278 g/mol. The molecule has 0 aromatic rings. The average Bonchev–Trinajstić information content (AvgIpc) is 2.93. The van der Waals surface area contributed by atoms with Gasteiger partial charge in [-0.25, -0.2) is 0 Å². The summed E-state index contributed by atoms with van der Waals surface area (Å²) in [5.41, 5.74) is 0. The first-order chi connectivity index (χ1) is 9.79. The molecule has 0 saturated heterocycles. The first-order valence-electron chi connectivity index (χ1n) is 8.32. The molecule has 0 heterocycles. The number of aliphatic carboxylic acids is 1. The highest BCUT2D eigenvalue weighted by Gasteiger charge is 2.07. The second-order valence-electron chi connectivity index (χ2n) is 5.87. The van der Waals surface area contributed by atoms with Crippen molar-refractivity contribution in [2.45, 2.75) is 77.0 Å². The topological polar surface area (TPSA) is 37.3 Å². The SMILES string of the molecule is O=C(O)CCCC/C=C\CCCCCCC1C=CCC1. The highest BCUT2D eigenvalue weighted by atomic mass is 16.4. The van der Waals surface area contributed by atoms with E-state index in [1.54, 1.807) is 0 Å². The minimum atomic E-state index is -0.679. The van der Waals surface area contributed by atoms with Crippen LogP contribution in [-0.4, -0.2) is 11.1 Å². The van der Waals surface area contributed by atoms with E-state index in [9.17, 15) is 4.79 Å². The van der Waals surface area contributed by atoms with E-state index in [4.69, 9.17) is 5.11 Å². The molecule has 1 unspecified atom stereocenters. The quantitative estimate of drug-likeness (QED) is 0.378. The summed E-state index contributed by atoms with van der Waals surface area (Å²) < 4.78 is 0. The van der Waals surface area contributed by atoms with Gasteiger partial charge in [-0.15, -0.1) is 0 Å². The van der Waals surface area contributed by atoms with E-state index < -0.39 is 5.97 Å². The Morgan fingerprint density at radius 2 is 1.75 bits per heavy atom. The maximum atomic E-state index is 10.3. The van der Waals surface area contributed by atoms with Crippen LogP contribution in [0.15, 0.2) is 24.3 Å². The third-order valence-corrected chi connectivity index (χ3v) is 3.99. The number of hydrogen-bond acceptors (Lipinski definition) is 1. The van der Waals surface area contributed by atoms with E-state index in [1.807, 2.05) is 0 Å². The summed E-state index contributed by atoms with van der Waals surface area (Å²) in [4.78, 5) is 10.3. The second kappa shape index (κ2) is 11.7. The Balaban J connectivity index is 1.77. The molecule has 1 atom stereocenters. The van der Waals surface area contributed by atoms with Crippen LogP contribution < -0.4 is 0 Å². The number of unbranched alkanes of at least 4 members (excludes halogenated alkanes) is 6. The summed E-state index contributed by atoms with van der Waals surface area (Å²) in [6.45, 7) is 0. The van der Waals surface area contributed by atoms with Crippen molar-refractivity contribution in [3.8, 4) is 0 Å². The molecule has 2 nitrogen and oxygen atoms in total. The number of hydrogen-bond donors (Lipinski definition) is 1. The Morgan fingerprint density at radius 3 is 2.40 bits per heavy atom. The van der Waals surface area contributed by atoms with Crippen molar-refractivity contribution in [2.75, 3.05) is 0 Å². The highest BCUT2D eigenvalue weighted by molar-refractivity contribution is 5.66. The van der Waals surface area contributed by atoms with Crippen LogP contribution in [0.25, 0.3) is 0 Å². The molecule has 1 aliphatic rings. The number of carboxylic acids is 1. The molecule has 0 spiro atoms. The molecule has 0 amide bonds. The van der Waals surface area contributed by atoms with Crippen LogP contribution >= 0.6 is 0 Å². The van der Waals surface area contributed by atoms with Gasteiger partial charge >= 0.3 is 5.97 Å². The molecule has 1 rings (SSSR count). The van der Waals surface area contributed by atoms with Crippen LogP contribution in [0, 0.1) is 5.92 Å². The van der Waals surface area contributed by atoms with Gasteiger partial charge in [0, 0.05) is 6.42 Å². The van der Waals surface area contributed by atoms with Gasteiger partial charge < -0.3 is 5.11 Å². The van der Waals surface area contributed by atoms with Crippen LogP contribution in [0.1, 0.15) is 77.0 Å². The number of rotatable bonds is 12. The predicted octanol–water partition coefficient (Wildman–Crippen LogP) is 5.49. The predicted molar refractivity (Wildman–Crippen MR) is 84.8 cm³/mol. The number of carbonyl (C=O) groups is 1. The van der Waals surface area contributed by atoms with Crippen molar-refractivity contribution in [3.63, 3.8) is 0 Å². The smallest absolute Gasteiger partial charge is 0.303 e. The minimum Gasteiger partial charge on any atom is -0.481 e. The van der Waals surface area contributed by atoms with E-state index in [2.05, 4.69) is 24.3 Å². The van der Waals surface area contributed by atoms with Gasteiger partial charge in [0.15, 0.2) is 0 Å². The van der Waals surface area contributed by atoms with E-state index in [0.29, 0.717) is 6.42 Å². The molecule has 114 valence electrons. The lowest BCUT2D eigenvalue weighted by atomic mass is 10.00. The molecule has 1 aliphatic carbocycles. The summed E-state index contributed by atoms with van der Waals surface area (Å²) in [6.07, 6.45) is 23.0. The normalized spacial score (nSPS) is 18.1. The van der Waals surface area contributed by atoms with Gasteiger partial charge in [0.05, 0.1) is 0 Å². The molecule has 0 aromatic carbocycles. The molecule has 1 N–H and O–H groups in total. The Labute approximate surface area is 124 Å². The van der Waals surface area contributed by atoms with Crippen LogP contribution in [0.2, 0.25) is 0 Å². The highest BCUT2D eigenvalue weighted by Crippen LogP contribution is 2.23. The monoisotopic (exact) mass is 278 g/mol. The lowest BCUT2D eigenvalue weighted by Gasteiger charge is -2.06.